The van der Waals surface area contributed by atoms with E-state index in [1.165, 1.54) is 18.1 Å². The number of para-hydroxylation sites is 1. The summed E-state index contributed by atoms with van der Waals surface area (Å²) in [5.74, 6) is 0.540. The first kappa shape index (κ1) is 16.7. The van der Waals surface area contributed by atoms with Crippen LogP contribution in [-0.2, 0) is 12.3 Å². The van der Waals surface area contributed by atoms with Crippen molar-refractivity contribution in [2.45, 2.75) is 17.5 Å². The van der Waals surface area contributed by atoms with Gasteiger partial charge < -0.3 is 5.32 Å². The van der Waals surface area contributed by atoms with E-state index in [4.69, 9.17) is 0 Å². The maximum absolute atomic E-state index is 12.6. The Hall–Kier alpha value is -2.71. The molecular formula is C18H15N5OS2. The van der Waals surface area contributed by atoms with Crippen LogP contribution in [0.25, 0.3) is 10.2 Å². The van der Waals surface area contributed by atoms with Gasteiger partial charge in [-0.3, -0.25) is 9.89 Å². The lowest BCUT2D eigenvalue weighted by Gasteiger charge is -2.08. The largest absolute Gasteiger partial charge is 0.346 e. The second-order valence-corrected chi connectivity index (χ2v) is 7.57. The van der Waals surface area contributed by atoms with Crippen molar-refractivity contribution in [1.82, 2.24) is 25.5 Å². The number of carbonyl (C=O) groups is 1. The van der Waals surface area contributed by atoms with Crippen LogP contribution in [-0.4, -0.2) is 26.1 Å². The summed E-state index contributed by atoms with van der Waals surface area (Å²) in [4.78, 5) is 21.3. The van der Waals surface area contributed by atoms with Crippen molar-refractivity contribution in [2.75, 3.05) is 0 Å². The van der Waals surface area contributed by atoms with Crippen LogP contribution in [0.2, 0.25) is 0 Å². The topological polar surface area (TPSA) is 83.6 Å². The molecule has 0 bridgehead atoms. The van der Waals surface area contributed by atoms with Crippen molar-refractivity contribution >= 4 is 39.2 Å². The van der Waals surface area contributed by atoms with E-state index in [0.29, 0.717) is 17.9 Å². The number of benzene rings is 2. The molecule has 8 heteroatoms. The Morgan fingerprint density at radius 3 is 2.85 bits per heavy atom. The van der Waals surface area contributed by atoms with Gasteiger partial charge >= 0.3 is 0 Å². The Labute approximate surface area is 158 Å². The van der Waals surface area contributed by atoms with E-state index in [1.807, 2.05) is 48.5 Å². The molecule has 2 aromatic carbocycles. The highest BCUT2D eigenvalue weighted by atomic mass is 32.2. The lowest BCUT2D eigenvalue weighted by molar-refractivity contribution is 0.0950. The van der Waals surface area contributed by atoms with Gasteiger partial charge in [-0.05, 0) is 23.8 Å². The number of rotatable bonds is 6. The highest BCUT2D eigenvalue weighted by Gasteiger charge is 2.12. The van der Waals surface area contributed by atoms with Crippen LogP contribution >= 0.6 is 23.1 Å². The number of aromatic nitrogens is 4. The number of hydrogen-bond acceptors (Lipinski definition) is 6. The van der Waals surface area contributed by atoms with Crippen LogP contribution in [0.15, 0.2) is 60.0 Å². The smallest absolute Gasteiger partial charge is 0.251 e. The van der Waals surface area contributed by atoms with Crippen LogP contribution in [0.3, 0.4) is 0 Å². The van der Waals surface area contributed by atoms with Crippen LogP contribution in [0.1, 0.15) is 20.9 Å². The first-order valence-electron chi connectivity index (χ1n) is 7.98. The number of aromatic amines is 1. The summed E-state index contributed by atoms with van der Waals surface area (Å²) in [5.41, 5.74) is 2.59. The van der Waals surface area contributed by atoms with Gasteiger partial charge in [0.2, 0.25) is 0 Å². The van der Waals surface area contributed by atoms with E-state index in [0.717, 1.165) is 25.9 Å². The average Bonchev–Trinajstić information content (AvgIpc) is 3.33. The maximum atomic E-state index is 12.6. The van der Waals surface area contributed by atoms with Crippen molar-refractivity contribution < 1.29 is 4.79 Å². The molecule has 0 atom stereocenters. The van der Waals surface area contributed by atoms with Crippen LogP contribution in [0, 0.1) is 0 Å². The van der Waals surface area contributed by atoms with Crippen molar-refractivity contribution in [3.05, 3.63) is 71.0 Å². The highest BCUT2D eigenvalue weighted by molar-refractivity contribution is 7.98. The predicted molar refractivity (Wildman–Crippen MR) is 103 cm³/mol. The standard InChI is InChI=1S/C18H15N5OS2/c24-17(19-9-16-22-14-7-3-4-8-15(14)26-16)13-6-2-1-5-12(13)10-25-18-20-11-21-23-18/h1-8,11H,9-10H2,(H,19,24)(H,20,21,23). The van der Waals surface area contributed by atoms with Gasteiger partial charge in [0.05, 0.1) is 16.8 Å². The summed E-state index contributed by atoms with van der Waals surface area (Å²) in [7, 11) is 0. The maximum Gasteiger partial charge on any atom is 0.251 e. The number of thiazole rings is 1. The van der Waals surface area contributed by atoms with Crippen LogP contribution in [0.5, 0.6) is 0 Å². The molecule has 0 aliphatic heterocycles. The number of fused-ring (bicyclic) bond motifs is 1. The van der Waals surface area contributed by atoms with Gasteiger partial charge in [0.15, 0.2) is 5.16 Å². The number of thioether (sulfide) groups is 1. The number of nitrogens with one attached hydrogen (secondary N) is 2. The normalized spacial score (nSPS) is 10.9. The minimum Gasteiger partial charge on any atom is -0.346 e. The Morgan fingerprint density at radius 1 is 1.15 bits per heavy atom. The van der Waals surface area contributed by atoms with Crippen molar-refractivity contribution in [3.63, 3.8) is 0 Å². The molecule has 1 amide bonds. The van der Waals surface area contributed by atoms with E-state index in [9.17, 15) is 4.79 Å². The highest BCUT2D eigenvalue weighted by Crippen LogP contribution is 2.23. The SMILES string of the molecule is O=C(NCc1nc2ccccc2s1)c1ccccc1CSc1ncn[nH]1. The molecule has 2 aromatic heterocycles. The molecule has 4 aromatic rings. The van der Waals surface area contributed by atoms with Crippen LogP contribution in [0.4, 0.5) is 0 Å². The predicted octanol–water partition coefficient (Wildman–Crippen LogP) is 3.64. The number of carbonyl (C=O) groups excluding carboxylic acids is 1. The third kappa shape index (κ3) is 3.76. The molecule has 0 unspecified atom stereocenters. The van der Waals surface area contributed by atoms with Gasteiger partial charge in [-0.1, -0.05) is 42.1 Å². The minimum atomic E-state index is -0.0990. The molecule has 0 spiro atoms. The van der Waals surface area contributed by atoms with E-state index in [1.54, 1.807) is 11.3 Å². The van der Waals surface area contributed by atoms with E-state index >= 15 is 0 Å². The Kier molecular flexibility index (Phi) is 4.94. The third-order valence-corrected chi connectivity index (χ3v) is 5.72. The van der Waals surface area contributed by atoms with Gasteiger partial charge in [-0.2, -0.15) is 5.10 Å². The zero-order valence-corrected chi connectivity index (χ0v) is 15.3. The molecule has 130 valence electrons. The van der Waals surface area contributed by atoms with Crippen LogP contribution < -0.4 is 5.32 Å². The fourth-order valence-electron chi connectivity index (χ4n) is 2.52. The average molecular weight is 381 g/mol. The number of hydrogen-bond donors (Lipinski definition) is 2. The van der Waals surface area contributed by atoms with E-state index < -0.39 is 0 Å². The molecule has 4 rings (SSSR count). The quantitative estimate of drug-likeness (QED) is 0.498. The summed E-state index contributed by atoms with van der Waals surface area (Å²) in [6.45, 7) is 0.418. The summed E-state index contributed by atoms with van der Waals surface area (Å²) in [5, 5.41) is 11.2. The summed E-state index contributed by atoms with van der Waals surface area (Å²) in [6, 6.07) is 15.6. The van der Waals surface area contributed by atoms with Crippen molar-refractivity contribution in [3.8, 4) is 0 Å². The molecule has 0 aliphatic rings. The van der Waals surface area contributed by atoms with Gasteiger partial charge in [0, 0.05) is 11.3 Å². The molecule has 0 radical (unpaired) electrons. The molecule has 2 N–H and O–H groups in total. The molecule has 0 fully saturated rings. The van der Waals surface area contributed by atoms with E-state index in [2.05, 4.69) is 25.5 Å². The Balaban J connectivity index is 1.44. The molecule has 26 heavy (non-hydrogen) atoms. The Morgan fingerprint density at radius 2 is 2.00 bits per heavy atom. The van der Waals surface area contributed by atoms with Crippen molar-refractivity contribution in [2.24, 2.45) is 0 Å². The first-order chi connectivity index (χ1) is 12.8. The number of H-pyrrole nitrogens is 1. The monoisotopic (exact) mass is 381 g/mol. The summed E-state index contributed by atoms with van der Waals surface area (Å²) < 4.78 is 1.13. The molecular weight excluding hydrogens is 366 g/mol. The summed E-state index contributed by atoms with van der Waals surface area (Å²) in [6.07, 6.45) is 1.47. The van der Waals surface area contributed by atoms with Crippen molar-refractivity contribution in [1.29, 1.82) is 0 Å². The second-order valence-electron chi connectivity index (χ2n) is 5.49. The third-order valence-electron chi connectivity index (χ3n) is 3.76. The number of nitrogens with zero attached hydrogens (tertiary/aromatic N) is 3. The molecule has 0 saturated carbocycles. The Bertz CT molecular complexity index is 996. The lowest BCUT2D eigenvalue weighted by Crippen LogP contribution is -2.23. The molecule has 6 nitrogen and oxygen atoms in total. The van der Waals surface area contributed by atoms with Gasteiger partial charge in [-0.15, -0.1) is 11.3 Å². The molecule has 2 heterocycles. The fraction of sp³-hybridized carbons (Fsp3) is 0.111. The van der Waals surface area contributed by atoms with Gasteiger partial charge in [0.25, 0.3) is 5.91 Å². The second kappa shape index (κ2) is 7.67. The lowest BCUT2D eigenvalue weighted by atomic mass is 10.1. The van der Waals surface area contributed by atoms with E-state index in [-0.39, 0.29) is 5.91 Å². The van der Waals surface area contributed by atoms with Gasteiger partial charge in [0.1, 0.15) is 11.3 Å². The fourth-order valence-corrected chi connectivity index (χ4v) is 4.21. The number of amides is 1. The van der Waals surface area contributed by atoms with Gasteiger partial charge in [-0.25, -0.2) is 9.97 Å². The minimum absolute atomic E-state index is 0.0990. The first-order valence-corrected chi connectivity index (χ1v) is 9.78. The zero-order valence-electron chi connectivity index (χ0n) is 13.7. The molecule has 0 aliphatic carbocycles. The zero-order chi connectivity index (χ0) is 17.8. The molecule has 0 saturated heterocycles. The summed E-state index contributed by atoms with van der Waals surface area (Å²) >= 11 is 3.11.